The van der Waals surface area contributed by atoms with Crippen LogP contribution in [0.25, 0.3) is 0 Å². The molecule has 0 spiro atoms. The van der Waals surface area contributed by atoms with E-state index >= 15 is 0 Å². The molecular weight excluding hydrogens is 261 g/mol. The Hall–Kier alpha value is -2.09. The van der Waals surface area contributed by atoms with Crippen LogP contribution in [0.5, 0.6) is 0 Å². The summed E-state index contributed by atoms with van der Waals surface area (Å²) in [6, 6.07) is 3.92. The van der Waals surface area contributed by atoms with Crippen molar-refractivity contribution >= 4 is 17.7 Å². The van der Waals surface area contributed by atoms with Gasteiger partial charge in [0.1, 0.15) is 11.4 Å². The van der Waals surface area contributed by atoms with E-state index in [4.69, 9.17) is 5.11 Å². The predicted molar refractivity (Wildman–Crippen MR) is 61.3 cm³/mol. The fourth-order valence-corrected chi connectivity index (χ4v) is 2.26. The second kappa shape index (κ2) is 4.65. The van der Waals surface area contributed by atoms with Gasteiger partial charge in [-0.3, -0.25) is 4.57 Å². The molecule has 1 aromatic heterocycles. The number of aromatic nitrogens is 3. The zero-order valence-corrected chi connectivity index (χ0v) is 9.99. The van der Waals surface area contributed by atoms with Crippen molar-refractivity contribution in [3.63, 3.8) is 0 Å². The zero-order chi connectivity index (χ0) is 13.3. The number of hydrogen-bond acceptors (Lipinski definition) is 4. The van der Waals surface area contributed by atoms with Crippen LogP contribution in [0, 0.1) is 5.82 Å². The number of carbonyl (C=O) groups is 1. The molecule has 0 fully saturated rings. The molecule has 1 heterocycles. The van der Waals surface area contributed by atoms with Crippen molar-refractivity contribution in [2.45, 2.75) is 10.1 Å². The Morgan fingerprint density at radius 1 is 1.56 bits per heavy atom. The van der Waals surface area contributed by atoms with Gasteiger partial charge < -0.3 is 5.11 Å². The number of halogens is 1. The summed E-state index contributed by atoms with van der Waals surface area (Å²) in [7, 11) is 1.48. The number of carboxylic acid groups (broad SMARTS) is 1. The fraction of sp³-hybridized carbons (Fsp3) is 0.100. The smallest absolute Gasteiger partial charge is 0.343 e. The highest BCUT2D eigenvalue weighted by molar-refractivity contribution is 7.99. The van der Waals surface area contributed by atoms with Crippen molar-refractivity contribution in [2.75, 3.05) is 0 Å². The Bertz CT molecular complexity index is 665. The highest BCUT2D eigenvalue weighted by Gasteiger charge is 2.18. The SMILES string of the molecule is Cn1c(Sc2cccc(F)c2C(=O)O)n[nH]c1=O. The van der Waals surface area contributed by atoms with E-state index in [0.29, 0.717) is 0 Å². The third kappa shape index (κ3) is 2.14. The van der Waals surface area contributed by atoms with Crippen molar-refractivity contribution in [1.29, 1.82) is 0 Å². The van der Waals surface area contributed by atoms with Crippen LogP contribution in [0.1, 0.15) is 10.4 Å². The van der Waals surface area contributed by atoms with Crippen LogP contribution < -0.4 is 5.69 Å². The molecule has 94 valence electrons. The van der Waals surface area contributed by atoms with Gasteiger partial charge in [0.05, 0.1) is 0 Å². The van der Waals surface area contributed by atoms with Gasteiger partial charge in [0.25, 0.3) is 0 Å². The number of nitrogens with one attached hydrogen (secondary N) is 1. The standard InChI is InChI=1S/C10H8FN3O3S/c1-14-9(17)12-13-10(14)18-6-4-2-3-5(11)7(6)8(15)16/h2-4H,1H3,(H,12,17)(H,15,16). The number of nitrogens with zero attached hydrogens (tertiary/aromatic N) is 2. The van der Waals surface area contributed by atoms with Crippen molar-refractivity contribution < 1.29 is 14.3 Å². The largest absolute Gasteiger partial charge is 0.478 e. The third-order valence-electron chi connectivity index (χ3n) is 2.23. The number of benzene rings is 1. The molecule has 6 nitrogen and oxygen atoms in total. The monoisotopic (exact) mass is 269 g/mol. The highest BCUT2D eigenvalue weighted by Crippen LogP contribution is 2.29. The molecule has 0 atom stereocenters. The topological polar surface area (TPSA) is 88.0 Å². The average molecular weight is 269 g/mol. The number of hydrogen-bond donors (Lipinski definition) is 2. The Kier molecular flexibility index (Phi) is 3.19. The zero-order valence-electron chi connectivity index (χ0n) is 9.18. The van der Waals surface area contributed by atoms with Gasteiger partial charge in [-0.05, 0) is 23.9 Å². The summed E-state index contributed by atoms with van der Waals surface area (Å²) in [5.74, 6) is -2.19. The van der Waals surface area contributed by atoms with Gasteiger partial charge in [0.2, 0.25) is 0 Å². The van der Waals surface area contributed by atoms with Crippen LogP contribution in [-0.4, -0.2) is 25.8 Å². The molecule has 2 rings (SSSR count). The van der Waals surface area contributed by atoms with Crippen molar-refractivity contribution in [2.24, 2.45) is 7.05 Å². The minimum atomic E-state index is -1.36. The Morgan fingerprint density at radius 3 is 2.83 bits per heavy atom. The van der Waals surface area contributed by atoms with Gasteiger partial charge in [-0.25, -0.2) is 19.1 Å². The molecule has 2 N–H and O–H groups in total. The summed E-state index contributed by atoms with van der Waals surface area (Å²) in [6.07, 6.45) is 0. The van der Waals surface area contributed by atoms with Crippen molar-refractivity contribution in [3.05, 3.63) is 40.1 Å². The lowest BCUT2D eigenvalue weighted by atomic mass is 10.2. The lowest BCUT2D eigenvalue weighted by molar-refractivity contribution is 0.0688. The number of H-pyrrole nitrogens is 1. The molecule has 18 heavy (non-hydrogen) atoms. The second-order valence-electron chi connectivity index (χ2n) is 3.39. The Balaban J connectivity index is 2.47. The lowest BCUT2D eigenvalue weighted by Crippen LogP contribution is -2.13. The van der Waals surface area contributed by atoms with Crippen molar-refractivity contribution in [3.8, 4) is 0 Å². The molecule has 0 aliphatic rings. The predicted octanol–water partition coefficient (Wildman–Crippen LogP) is 1.10. The quantitative estimate of drug-likeness (QED) is 0.871. The molecular formula is C10H8FN3O3S. The first kappa shape index (κ1) is 12.4. The van der Waals surface area contributed by atoms with Crippen LogP contribution in [-0.2, 0) is 7.05 Å². The van der Waals surface area contributed by atoms with E-state index in [0.717, 1.165) is 17.8 Å². The van der Waals surface area contributed by atoms with E-state index in [1.54, 1.807) is 0 Å². The molecule has 0 aliphatic heterocycles. The Morgan fingerprint density at radius 2 is 2.28 bits per heavy atom. The minimum Gasteiger partial charge on any atom is -0.478 e. The maximum absolute atomic E-state index is 13.4. The van der Waals surface area contributed by atoms with Gasteiger partial charge in [-0.15, -0.1) is 5.10 Å². The first-order valence-electron chi connectivity index (χ1n) is 4.81. The fourth-order valence-electron chi connectivity index (χ4n) is 1.32. The maximum Gasteiger partial charge on any atom is 0.343 e. The number of carboxylic acids is 1. The molecule has 0 saturated heterocycles. The molecule has 0 radical (unpaired) electrons. The van der Waals surface area contributed by atoms with E-state index in [1.165, 1.54) is 23.7 Å². The second-order valence-corrected chi connectivity index (χ2v) is 4.40. The molecule has 0 saturated carbocycles. The van der Waals surface area contributed by atoms with Crippen molar-refractivity contribution in [1.82, 2.24) is 14.8 Å². The summed E-state index contributed by atoms with van der Waals surface area (Å²) in [6.45, 7) is 0. The van der Waals surface area contributed by atoms with Gasteiger partial charge in [0, 0.05) is 11.9 Å². The number of aromatic amines is 1. The van der Waals surface area contributed by atoms with E-state index in [-0.39, 0.29) is 10.1 Å². The van der Waals surface area contributed by atoms with Gasteiger partial charge >= 0.3 is 11.7 Å². The van der Waals surface area contributed by atoms with Crippen LogP contribution in [0.15, 0.2) is 33.0 Å². The molecule has 8 heteroatoms. The van der Waals surface area contributed by atoms with E-state index in [9.17, 15) is 14.0 Å². The van der Waals surface area contributed by atoms with Crippen LogP contribution in [0.3, 0.4) is 0 Å². The highest BCUT2D eigenvalue weighted by atomic mass is 32.2. The van der Waals surface area contributed by atoms with E-state index in [2.05, 4.69) is 10.2 Å². The van der Waals surface area contributed by atoms with Gasteiger partial charge in [-0.1, -0.05) is 6.07 Å². The summed E-state index contributed by atoms with van der Waals surface area (Å²) >= 11 is 0.904. The summed E-state index contributed by atoms with van der Waals surface area (Å²) in [5.41, 5.74) is -0.858. The molecule has 0 bridgehead atoms. The van der Waals surface area contributed by atoms with Crippen LogP contribution >= 0.6 is 11.8 Å². The average Bonchev–Trinajstić information content (AvgIpc) is 2.60. The van der Waals surface area contributed by atoms with Crippen LogP contribution in [0.2, 0.25) is 0 Å². The Labute approximate surface area is 104 Å². The number of aromatic carboxylic acids is 1. The normalized spacial score (nSPS) is 10.6. The molecule has 0 aliphatic carbocycles. The minimum absolute atomic E-state index is 0.185. The van der Waals surface area contributed by atoms with E-state index < -0.39 is 23.0 Å². The van der Waals surface area contributed by atoms with Crippen LogP contribution in [0.4, 0.5) is 4.39 Å². The number of rotatable bonds is 3. The lowest BCUT2D eigenvalue weighted by Gasteiger charge is -2.05. The first-order valence-corrected chi connectivity index (χ1v) is 5.63. The molecule has 1 aromatic carbocycles. The molecule has 0 amide bonds. The molecule has 0 unspecified atom stereocenters. The van der Waals surface area contributed by atoms with Gasteiger partial charge in [-0.2, -0.15) is 0 Å². The summed E-state index contributed by atoms with van der Waals surface area (Å²) in [5, 5.41) is 15.1. The third-order valence-corrected chi connectivity index (χ3v) is 3.34. The molecule has 2 aromatic rings. The first-order chi connectivity index (χ1) is 8.50. The summed E-state index contributed by atoms with van der Waals surface area (Å²) in [4.78, 5) is 22.3. The van der Waals surface area contributed by atoms with E-state index in [1.807, 2.05) is 0 Å². The van der Waals surface area contributed by atoms with Gasteiger partial charge in [0.15, 0.2) is 5.16 Å². The maximum atomic E-state index is 13.4. The summed E-state index contributed by atoms with van der Waals surface area (Å²) < 4.78 is 14.6.